The molecule has 0 aliphatic carbocycles. The van der Waals surface area contributed by atoms with Crippen LogP contribution in [0, 0.1) is 6.92 Å². The molecule has 0 unspecified atom stereocenters. The number of aryl methyl sites for hydroxylation is 1. The van der Waals surface area contributed by atoms with Gasteiger partial charge in [0.15, 0.2) is 0 Å². The lowest BCUT2D eigenvalue weighted by molar-refractivity contribution is 0.0499. The van der Waals surface area contributed by atoms with Crippen LogP contribution in [0.1, 0.15) is 46.0 Å². The average Bonchev–Trinajstić information content (AvgIpc) is 2.55. The highest BCUT2D eigenvalue weighted by molar-refractivity contribution is 5.96. The number of hydrogen-bond acceptors (Lipinski definition) is 4. The maximum Gasteiger partial charge on any atom is 0.343 e. The van der Waals surface area contributed by atoms with E-state index in [2.05, 4.69) is 0 Å². The second-order valence-corrected chi connectivity index (χ2v) is 5.28. The van der Waals surface area contributed by atoms with Crippen LogP contribution in [0.15, 0.2) is 48.5 Å². The van der Waals surface area contributed by atoms with E-state index in [0.717, 1.165) is 18.4 Å². The quantitative estimate of drug-likeness (QED) is 0.456. The van der Waals surface area contributed by atoms with Crippen LogP contribution >= 0.6 is 0 Å². The van der Waals surface area contributed by atoms with E-state index in [-0.39, 0.29) is 0 Å². The summed E-state index contributed by atoms with van der Waals surface area (Å²) in [5.74, 6) is -0.451. The summed E-state index contributed by atoms with van der Waals surface area (Å²) in [5.41, 5.74) is 1.67. The lowest BCUT2D eigenvalue weighted by Gasteiger charge is -2.07. The molecule has 4 nitrogen and oxygen atoms in total. The molecule has 2 aromatic rings. The van der Waals surface area contributed by atoms with E-state index in [1.165, 1.54) is 6.07 Å². The van der Waals surface area contributed by atoms with Gasteiger partial charge in [-0.2, -0.15) is 0 Å². The van der Waals surface area contributed by atoms with Gasteiger partial charge in [0.2, 0.25) is 0 Å². The molecule has 2 aromatic carbocycles. The molecule has 0 aliphatic rings. The van der Waals surface area contributed by atoms with Gasteiger partial charge >= 0.3 is 11.9 Å². The van der Waals surface area contributed by atoms with Crippen molar-refractivity contribution < 1.29 is 19.1 Å². The molecule has 0 heterocycles. The smallest absolute Gasteiger partial charge is 0.343 e. The molecule has 0 aliphatic heterocycles. The molecule has 0 atom stereocenters. The Morgan fingerprint density at radius 2 is 1.65 bits per heavy atom. The van der Waals surface area contributed by atoms with Gasteiger partial charge in [-0.25, -0.2) is 9.59 Å². The van der Waals surface area contributed by atoms with Gasteiger partial charge in [-0.15, -0.1) is 0 Å². The first-order valence-corrected chi connectivity index (χ1v) is 7.66. The lowest BCUT2D eigenvalue weighted by Crippen LogP contribution is -2.11. The molecule has 120 valence electrons. The van der Waals surface area contributed by atoms with Gasteiger partial charge in [-0.3, -0.25) is 0 Å². The van der Waals surface area contributed by atoms with Gasteiger partial charge in [-0.05, 0) is 49.2 Å². The SMILES string of the molecule is CCCCOC(=O)c1cccc(C(=O)Oc2cccc(C)c2)c1. The predicted octanol–water partition coefficient (Wildman–Crippen LogP) is 4.17. The summed E-state index contributed by atoms with van der Waals surface area (Å²) in [6, 6.07) is 13.6. The third kappa shape index (κ3) is 4.95. The standard InChI is InChI=1S/C19H20O4/c1-3-4-11-22-18(20)15-8-6-9-16(13-15)19(21)23-17-10-5-7-14(2)12-17/h5-10,12-13H,3-4,11H2,1-2H3. The van der Waals surface area contributed by atoms with E-state index in [1.54, 1.807) is 30.3 Å². The molecule has 0 N–H and O–H groups in total. The zero-order chi connectivity index (χ0) is 16.7. The van der Waals surface area contributed by atoms with Gasteiger partial charge < -0.3 is 9.47 Å². The first kappa shape index (κ1) is 16.7. The number of rotatable bonds is 6. The summed E-state index contributed by atoms with van der Waals surface area (Å²) >= 11 is 0. The first-order valence-electron chi connectivity index (χ1n) is 7.66. The van der Waals surface area contributed by atoms with E-state index in [9.17, 15) is 9.59 Å². The molecule has 0 saturated heterocycles. The zero-order valence-electron chi connectivity index (χ0n) is 13.4. The molecule has 0 radical (unpaired) electrons. The van der Waals surface area contributed by atoms with Crippen LogP contribution in [0.25, 0.3) is 0 Å². The van der Waals surface area contributed by atoms with Crippen LogP contribution in [-0.4, -0.2) is 18.5 Å². The van der Waals surface area contributed by atoms with Crippen molar-refractivity contribution in [3.8, 4) is 5.75 Å². The minimum absolute atomic E-state index is 0.316. The van der Waals surface area contributed by atoms with E-state index in [1.807, 2.05) is 26.0 Å². The van der Waals surface area contributed by atoms with Crippen molar-refractivity contribution in [1.29, 1.82) is 0 Å². The van der Waals surface area contributed by atoms with E-state index < -0.39 is 11.9 Å². The molecule has 0 saturated carbocycles. The number of carbonyl (C=O) groups is 2. The molecule has 23 heavy (non-hydrogen) atoms. The Morgan fingerprint density at radius 3 is 2.35 bits per heavy atom. The van der Waals surface area contributed by atoms with Gasteiger partial charge in [-0.1, -0.05) is 31.5 Å². The Kier molecular flexibility index (Phi) is 5.92. The van der Waals surface area contributed by atoms with Crippen molar-refractivity contribution in [2.75, 3.05) is 6.61 Å². The van der Waals surface area contributed by atoms with Gasteiger partial charge in [0.05, 0.1) is 17.7 Å². The molecule has 0 fully saturated rings. The van der Waals surface area contributed by atoms with Gasteiger partial charge in [0.25, 0.3) is 0 Å². The largest absolute Gasteiger partial charge is 0.462 e. The molecule has 4 heteroatoms. The number of benzene rings is 2. The summed E-state index contributed by atoms with van der Waals surface area (Å²) in [5, 5.41) is 0. The van der Waals surface area contributed by atoms with Crippen molar-refractivity contribution >= 4 is 11.9 Å². The summed E-state index contributed by atoms with van der Waals surface area (Å²) in [7, 11) is 0. The molecule has 2 rings (SSSR count). The van der Waals surface area contributed by atoms with Crippen molar-refractivity contribution in [2.24, 2.45) is 0 Å². The second kappa shape index (κ2) is 8.13. The summed E-state index contributed by atoms with van der Waals surface area (Å²) in [4.78, 5) is 24.1. The minimum atomic E-state index is -0.501. The normalized spacial score (nSPS) is 10.2. The Morgan fingerprint density at radius 1 is 0.957 bits per heavy atom. The fraction of sp³-hybridized carbons (Fsp3) is 0.263. The maximum atomic E-state index is 12.2. The highest BCUT2D eigenvalue weighted by Gasteiger charge is 2.13. The van der Waals surface area contributed by atoms with Crippen LogP contribution in [0.4, 0.5) is 0 Å². The van der Waals surface area contributed by atoms with Crippen LogP contribution in [0.5, 0.6) is 5.75 Å². The Balaban J connectivity index is 2.06. The van der Waals surface area contributed by atoms with Crippen LogP contribution in [0.3, 0.4) is 0 Å². The van der Waals surface area contributed by atoms with Crippen molar-refractivity contribution in [1.82, 2.24) is 0 Å². The number of esters is 2. The van der Waals surface area contributed by atoms with Gasteiger partial charge in [0, 0.05) is 0 Å². The Hall–Kier alpha value is -2.62. The number of hydrogen-bond donors (Lipinski definition) is 0. The third-order valence-electron chi connectivity index (χ3n) is 3.27. The molecule has 0 aromatic heterocycles. The zero-order valence-corrected chi connectivity index (χ0v) is 13.4. The Labute approximate surface area is 136 Å². The van der Waals surface area contributed by atoms with Crippen LogP contribution in [-0.2, 0) is 4.74 Å². The topological polar surface area (TPSA) is 52.6 Å². The number of carbonyl (C=O) groups excluding carboxylic acids is 2. The number of unbranched alkanes of at least 4 members (excludes halogenated alkanes) is 1. The van der Waals surface area contributed by atoms with E-state index in [4.69, 9.17) is 9.47 Å². The predicted molar refractivity (Wildman–Crippen MR) is 87.8 cm³/mol. The monoisotopic (exact) mass is 312 g/mol. The fourth-order valence-corrected chi connectivity index (χ4v) is 2.01. The molecule has 0 bridgehead atoms. The van der Waals surface area contributed by atoms with Crippen molar-refractivity contribution in [3.63, 3.8) is 0 Å². The van der Waals surface area contributed by atoms with Crippen molar-refractivity contribution in [2.45, 2.75) is 26.7 Å². The summed E-state index contributed by atoms with van der Waals surface area (Å²) in [6.07, 6.45) is 1.77. The molecule has 0 amide bonds. The molecule has 0 spiro atoms. The highest BCUT2D eigenvalue weighted by Crippen LogP contribution is 2.15. The van der Waals surface area contributed by atoms with Crippen molar-refractivity contribution in [3.05, 3.63) is 65.2 Å². The summed E-state index contributed by atoms with van der Waals surface area (Å²) in [6.45, 7) is 4.33. The van der Waals surface area contributed by atoms with Crippen LogP contribution in [0.2, 0.25) is 0 Å². The van der Waals surface area contributed by atoms with Crippen LogP contribution < -0.4 is 4.74 Å². The first-order chi connectivity index (χ1) is 11.1. The Bertz CT molecular complexity index is 691. The minimum Gasteiger partial charge on any atom is -0.462 e. The van der Waals surface area contributed by atoms with Gasteiger partial charge in [0.1, 0.15) is 5.75 Å². The highest BCUT2D eigenvalue weighted by atomic mass is 16.5. The fourth-order valence-electron chi connectivity index (χ4n) is 2.01. The summed E-state index contributed by atoms with van der Waals surface area (Å²) < 4.78 is 10.5. The lowest BCUT2D eigenvalue weighted by atomic mass is 10.1. The third-order valence-corrected chi connectivity index (χ3v) is 3.27. The molecular weight excluding hydrogens is 292 g/mol. The molecular formula is C19H20O4. The average molecular weight is 312 g/mol. The number of ether oxygens (including phenoxy) is 2. The second-order valence-electron chi connectivity index (χ2n) is 5.28. The van der Waals surface area contributed by atoms with E-state index >= 15 is 0 Å². The maximum absolute atomic E-state index is 12.2. The van der Waals surface area contributed by atoms with E-state index in [0.29, 0.717) is 23.5 Å².